The fourth-order valence-electron chi connectivity index (χ4n) is 4.78. The van der Waals surface area contributed by atoms with Crippen LogP contribution in [0.2, 0.25) is 0 Å². The number of carbonyl (C=O) groups is 2. The minimum Gasteiger partial charge on any atom is -0.465 e. The molecule has 0 atom stereocenters. The number of anilines is 2. The van der Waals surface area contributed by atoms with Gasteiger partial charge in [-0.3, -0.25) is 10.2 Å². The Labute approximate surface area is 270 Å². The van der Waals surface area contributed by atoms with E-state index in [0.717, 1.165) is 16.1 Å². The maximum atomic E-state index is 14.3. The van der Waals surface area contributed by atoms with Gasteiger partial charge in [-0.05, 0) is 36.4 Å². The molecule has 2 N–H and O–H groups in total. The molecule has 0 saturated carbocycles. The van der Waals surface area contributed by atoms with Crippen molar-refractivity contribution in [2.24, 2.45) is 5.10 Å². The first-order chi connectivity index (χ1) is 22.6. The van der Waals surface area contributed by atoms with Gasteiger partial charge in [0.25, 0.3) is 5.91 Å². The molecule has 1 aromatic heterocycles. The number of nitrogens with one attached hydrogen (secondary N) is 2. The van der Waals surface area contributed by atoms with Crippen LogP contribution in [-0.2, 0) is 4.74 Å². The first-order valence-electron chi connectivity index (χ1n) is 14.5. The van der Waals surface area contributed by atoms with Crippen LogP contribution in [0.3, 0.4) is 0 Å². The first-order valence-corrected chi connectivity index (χ1v) is 15.3. The van der Waals surface area contributed by atoms with Crippen molar-refractivity contribution >= 4 is 40.1 Å². The molecule has 0 unspecified atom stereocenters. The summed E-state index contributed by atoms with van der Waals surface area (Å²) in [4.78, 5) is 28.3. The van der Waals surface area contributed by atoms with Crippen LogP contribution in [-0.4, -0.2) is 33.8 Å². The van der Waals surface area contributed by atoms with Crippen molar-refractivity contribution < 1.29 is 14.3 Å². The number of methoxy groups -OCH3 is 1. The third-order valence-electron chi connectivity index (χ3n) is 6.96. The van der Waals surface area contributed by atoms with Crippen LogP contribution in [0.4, 0.5) is 11.4 Å². The van der Waals surface area contributed by atoms with Crippen molar-refractivity contribution in [3.05, 3.63) is 162 Å². The lowest BCUT2D eigenvalue weighted by atomic mass is 10.1. The van der Waals surface area contributed by atoms with Gasteiger partial charge in [0.05, 0.1) is 24.2 Å². The zero-order valence-electron chi connectivity index (χ0n) is 24.8. The number of esters is 1. The Morgan fingerprint density at radius 3 is 2.00 bits per heavy atom. The van der Waals surface area contributed by atoms with Crippen molar-refractivity contribution in [3.63, 3.8) is 0 Å². The molecule has 1 amide bonds. The molecular formula is C37H29N5O3S. The number of hydrogen-bond donors (Lipinski definition) is 2. The summed E-state index contributed by atoms with van der Waals surface area (Å²) in [5.74, 6) is -1.19. The SMILES string of the molecule is COC(=O)c1c(-c2ccccc2)nn(-c2ccccc2)c1C(=O)Nc1ccccc1SC(=NNc1ccccc1)c1ccccc1. The summed E-state index contributed by atoms with van der Waals surface area (Å²) in [5.41, 5.74) is 7.19. The number of carbonyl (C=O) groups excluding carboxylic acids is 2. The number of aromatic nitrogens is 2. The van der Waals surface area contributed by atoms with Gasteiger partial charge in [0.2, 0.25) is 0 Å². The summed E-state index contributed by atoms with van der Waals surface area (Å²) in [6, 6.07) is 45.4. The fourth-order valence-corrected chi connectivity index (χ4v) is 5.71. The van der Waals surface area contributed by atoms with Gasteiger partial charge in [0.15, 0.2) is 0 Å². The Kier molecular flexibility index (Phi) is 9.32. The van der Waals surface area contributed by atoms with Crippen LogP contribution >= 0.6 is 11.8 Å². The molecule has 9 heteroatoms. The molecule has 46 heavy (non-hydrogen) atoms. The molecule has 0 spiro atoms. The molecule has 0 aliphatic carbocycles. The number of benzene rings is 5. The second-order valence-corrected chi connectivity index (χ2v) is 11.0. The smallest absolute Gasteiger partial charge is 0.342 e. The number of rotatable bonds is 9. The van der Waals surface area contributed by atoms with Crippen molar-refractivity contribution in [1.29, 1.82) is 0 Å². The molecule has 6 rings (SSSR count). The van der Waals surface area contributed by atoms with E-state index in [2.05, 4.69) is 10.7 Å². The molecule has 0 aliphatic rings. The largest absolute Gasteiger partial charge is 0.465 e. The Morgan fingerprint density at radius 2 is 1.33 bits per heavy atom. The molecule has 8 nitrogen and oxygen atoms in total. The van der Waals surface area contributed by atoms with Gasteiger partial charge in [-0.1, -0.05) is 121 Å². The minimum absolute atomic E-state index is 0.0550. The summed E-state index contributed by atoms with van der Waals surface area (Å²) >= 11 is 1.40. The normalized spacial score (nSPS) is 11.1. The van der Waals surface area contributed by atoms with Crippen LogP contribution in [0.25, 0.3) is 16.9 Å². The highest BCUT2D eigenvalue weighted by molar-refractivity contribution is 8.14. The minimum atomic E-state index is -0.667. The number of amides is 1. The molecule has 6 aromatic rings. The topological polar surface area (TPSA) is 97.6 Å². The molecular weight excluding hydrogens is 595 g/mol. The standard InChI is InChI=1S/C37H29N5O3S/c1-45-37(44)32-33(26-16-6-2-7-17-26)41-42(29-22-12-5-13-23-29)34(32)35(43)38-30-24-14-15-25-31(30)46-36(27-18-8-3-9-19-27)40-39-28-20-10-4-11-21-28/h2-25,39H,1H3,(H,38,43). The van der Waals surface area contributed by atoms with Crippen LogP contribution < -0.4 is 10.7 Å². The molecule has 5 aromatic carbocycles. The summed E-state index contributed by atoms with van der Waals surface area (Å²) in [5, 5.41) is 13.2. The molecule has 0 radical (unpaired) electrons. The lowest BCUT2D eigenvalue weighted by molar-refractivity contribution is 0.0598. The molecule has 0 aliphatic heterocycles. The summed E-state index contributed by atoms with van der Waals surface area (Å²) in [6.07, 6.45) is 0. The average molecular weight is 624 g/mol. The van der Waals surface area contributed by atoms with Gasteiger partial charge in [0, 0.05) is 16.0 Å². The van der Waals surface area contributed by atoms with E-state index in [-0.39, 0.29) is 11.3 Å². The average Bonchev–Trinajstić information content (AvgIpc) is 3.53. The highest BCUT2D eigenvalue weighted by Gasteiger charge is 2.31. The highest BCUT2D eigenvalue weighted by Crippen LogP contribution is 2.33. The lowest BCUT2D eigenvalue weighted by Crippen LogP contribution is -2.21. The van der Waals surface area contributed by atoms with E-state index in [0.29, 0.717) is 27.7 Å². The molecule has 0 bridgehead atoms. The van der Waals surface area contributed by atoms with Crippen LogP contribution in [0, 0.1) is 0 Å². The van der Waals surface area contributed by atoms with E-state index in [1.165, 1.54) is 23.6 Å². The van der Waals surface area contributed by atoms with Gasteiger partial charge < -0.3 is 10.1 Å². The third-order valence-corrected chi connectivity index (χ3v) is 8.06. The Hall–Kier alpha value is -5.93. The van der Waals surface area contributed by atoms with E-state index < -0.39 is 11.9 Å². The molecule has 1 heterocycles. The molecule has 0 saturated heterocycles. The van der Waals surface area contributed by atoms with Crippen LogP contribution in [0.15, 0.2) is 156 Å². The lowest BCUT2D eigenvalue weighted by Gasteiger charge is -2.14. The number of para-hydroxylation sites is 3. The van der Waals surface area contributed by atoms with E-state index in [1.54, 1.807) is 0 Å². The van der Waals surface area contributed by atoms with E-state index in [1.807, 2.05) is 146 Å². The summed E-state index contributed by atoms with van der Waals surface area (Å²) in [7, 11) is 1.29. The second kappa shape index (κ2) is 14.2. The van der Waals surface area contributed by atoms with Gasteiger partial charge >= 0.3 is 5.97 Å². The summed E-state index contributed by atoms with van der Waals surface area (Å²) < 4.78 is 6.66. The van der Waals surface area contributed by atoms with E-state index in [9.17, 15) is 9.59 Å². The first kappa shape index (κ1) is 30.1. The Bertz CT molecular complexity index is 1980. The number of hydrogen-bond acceptors (Lipinski definition) is 7. The van der Waals surface area contributed by atoms with Gasteiger partial charge in [-0.15, -0.1) is 0 Å². The van der Waals surface area contributed by atoms with E-state index >= 15 is 0 Å². The maximum Gasteiger partial charge on any atom is 0.342 e. The Morgan fingerprint density at radius 1 is 0.739 bits per heavy atom. The maximum absolute atomic E-state index is 14.3. The van der Waals surface area contributed by atoms with Crippen molar-refractivity contribution in [2.45, 2.75) is 4.90 Å². The number of nitrogens with zero attached hydrogens (tertiary/aromatic N) is 3. The molecule has 0 fully saturated rings. The van der Waals surface area contributed by atoms with Crippen molar-refractivity contribution in [2.75, 3.05) is 17.9 Å². The Balaban J connectivity index is 1.40. The van der Waals surface area contributed by atoms with E-state index in [4.69, 9.17) is 14.9 Å². The predicted molar refractivity (Wildman–Crippen MR) is 184 cm³/mol. The van der Waals surface area contributed by atoms with Crippen LogP contribution in [0.5, 0.6) is 0 Å². The zero-order chi connectivity index (χ0) is 31.7. The number of hydrazone groups is 1. The van der Waals surface area contributed by atoms with Gasteiger partial charge in [0.1, 0.15) is 22.0 Å². The third kappa shape index (κ3) is 6.74. The molecule has 226 valence electrons. The van der Waals surface area contributed by atoms with Crippen molar-refractivity contribution in [1.82, 2.24) is 9.78 Å². The fraction of sp³-hybridized carbons (Fsp3) is 0.0270. The van der Waals surface area contributed by atoms with Gasteiger partial charge in [-0.2, -0.15) is 10.2 Å². The van der Waals surface area contributed by atoms with Crippen molar-refractivity contribution in [3.8, 4) is 16.9 Å². The summed E-state index contributed by atoms with van der Waals surface area (Å²) in [6.45, 7) is 0. The number of thioether (sulfide) groups is 1. The predicted octanol–water partition coefficient (Wildman–Crippen LogP) is 8.14. The monoisotopic (exact) mass is 623 g/mol. The van der Waals surface area contributed by atoms with Crippen LogP contribution in [0.1, 0.15) is 26.4 Å². The zero-order valence-corrected chi connectivity index (χ0v) is 25.6. The number of ether oxygens (including phenoxy) is 1. The second-order valence-electron chi connectivity index (χ2n) is 9.99. The quantitative estimate of drug-likeness (QED) is 0.0555. The highest BCUT2D eigenvalue weighted by atomic mass is 32.2. The van der Waals surface area contributed by atoms with Gasteiger partial charge in [-0.25, -0.2) is 9.48 Å².